The zero-order valence-corrected chi connectivity index (χ0v) is 19.8. The zero-order valence-electron chi connectivity index (χ0n) is 19.0. The quantitative estimate of drug-likeness (QED) is 0.266. The second-order valence-corrected chi connectivity index (χ2v) is 8.59. The third kappa shape index (κ3) is 5.08. The summed E-state index contributed by atoms with van der Waals surface area (Å²) >= 11 is 1.22. The number of nitriles is 1. The highest BCUT2D eigenvalue weighted by Gasteiger charge is 2.23. The van der Waals surface area contributed by atoms with Gasteiger partial charge in [-0.05, 0) is 63.1 Å². The number of carbonyl (C=O) groups is 3. The number of carboxylic acids is 1. The van der Waals surface area contributed by atoms with Gasteiger partial charge in [-0.2, -0.15) is 5.26 Å². The lowest BCUT2D eigenvalue weighted by Crippen LogP contribution is -2.16. The minimum atomic E-state index is -1.06. The van der Waals surface area contributed by atoms with Gasteiger partial charge < -0.3 is 19.6 Å². The van der Waals surface area contributed by atoms with Crippen molar-refractivity contribution in [2.24, 2.45) is 0 Å². The first-order valence-electron chi connectivity index (χ1n) is 10.3. The maximum Gasteiger partial charge on any atom is 0.341 e. The number of carbonyl (C=O) groups excluding carboxylic acids is 2. The molecule has 0 saturated carbocycles. The summed E-state index contributed by atoms with van der Waals surface area (Å²) in [7, 11) is 0. The summed E-state index contributed by atoms with van der Waals surface area (Å²) in [6.45, 7) is 7.29. The zero-order chi connectivity index (χ0) is 25.0. The molecule has 0 spiro atoms. The van der Waals surface area contributed by atoms with E-state index in [-0.39, 0.29) is 29.1 Å². The molecule has 0 unspecified atom stereocenters. The van der Waals surface area contributed by atoms with Gasteiger partial charge in [-0.15, -0.1) is 11.3 Å². The molecule has 3 rings (SSSR count). The SMILES string of the molecule is CCOC(=O)c1c(NC(=O)C(C#N)=Cc2ccc(-c3cc(C(=O)O)ccc3C)o2)sc(C)c1C. The van der Waals surface area contributed by atoms with E-state index in [0.717, 1.165) is 10.4 Å². The van der Waals surface area contributed by atoms with Crippen LogP contribution in [0.3, 0.4) is 0 Å². The van der Waals surface area contributed by atoms with E-state index in [1.54, 1.807) is 32.0 Å². The molecular weight excluding hydrogens is 456 g/mol. The van der Waals surface area contributed by atoms with Gasteiger partial charge >= 0.3 is 11.9 Å². The lowest BCUT2D eigenvalue weighted by atomic mass is 10.0. The van der Waals surface area contributed by atoms with Crippen LogP contribution in [0.4, 0.5) is 5.00 Å². The van der Waals surface area contributed by atoms with E-state index in [0.29, 0.717) is 21.9 Å². The van der Waals surface area contributed by atoms with Crippen LogP contribution in [0.25, 0.3) is 17.4 Å². The number of hydrogen-bond acceptors (Lipinski definition) is 7. The van der Waals surface area contributed by atoms with Crippen molar-refractivity contribution in [1.29, 1.82) is 5.26 Å². The molecule has 8 nitrogen and oxygen atoms in total. The van der Waals surface area contributed by atoms with Crippen LogP contribution in [0.1, 0.15) is 49.4 Å². The van der Waals surface area contributed by atoms with Crippen molar-refractivity contribution < 1.29 is 28.6 Å². The fourth-order valence-electron chi connectivity index (χ4n) is 3.22. The Hall–Kier alpha value is -4.16. The van der Waals surface area contributed by atoms with Crippen LogP contribution in [-0.4, -0.2) is 29.6 Å². The molecule has 9 heteroatoms. The molecule has 0 atom stereocenters. The first-order valence-corrected chi connectivity index (χ1v) is 11.1. The summed E-state index contributed by atoms with van der Waals surface area (Å²) in [5.41, 5.74) is 2.26. The molecule has 174 valence electrons. The molecule has 2 aromatic heterocycles. The molecule has 2 N–H and O–H groups in total. The second kappa shape index (κ2) is 10.2. The van der Waals surface area contributed by atoms with Crippen molar-refractivity contribution in [2.45, 2.75) is 27.7 Å². The van der Waals surface area contributed by atoms with Crippen molar-refractivity contribution in [3.8, 4) is 17.4 Å². The Kier molecular flexibility index (Phi) is 7.34. The number of amides is 1. The van der Waals surface area contributed by atoms with Gasteiger partial charge in [-0.25, -0.2) is 9.59 Å². The summed E-state index contributed by atoms with van der Waals surface area (Å²) < 4.78 is 10.9. The number of ether oxygens (including phenoxy) is 1. The average molecular weight is 479 g/mol. The van der Waals surface area contributed by atoms with Gasteiger partial charge in [0.05, 0.1) is 17.7 Å². The number of hydrogen-bond donors (Lipinski definition) is 2. The van der Waals surface area contributed by atoms with Crippen molar-refractivity contribution in [2.75, 3.05) is 11.9 Å². The van der Waals surface area contributed by atoms with Gasteiger partial charge in [0.1, 0.15) is 28.2 Å². The molecule has 2 heterocycles. The third-order valence-corrected chi connectivity index (χ3v) is 6.24. The number of esters is 1. The summed E-state index contributed by atoms with van der Waals surface area (Å²) in [4.78, 5) is 37.3. The van der Waals surface area contributed by atoms with Gasteiger partial charge in [0.2, 0.25) is 0 Å². The minimum Gasteiger partial charge on any atom is -0.478 e. The standard InChI is InChI=1S/C25H22N2O6S/c1-5-32-25(31)21-14(3)15(4)34-23(21)27-22(28)17(12-26)10-18-8-9-20(33-18)19-11-16(24(29)30)7-6-13(19)2/h6-11H,5H2,1-4H3,(H,27,28)(H,29,30). The topological polar surface area (TPSA) is 130 Å². The van der Waals surface area contributed by atoms with Crippen molar-refractivity contribution >= 4 is 40.3 Å². The van der Waals surface area contributed by atoms with E-state index in [1.807, 2.05) is 19.9 Å². The number of thiophene rings is 1. The molecule has 0 bridgehead atoms. The Bertz CT molecular complexity index is 1360. The Balaban J connectivity index is 1.89. The lowest BCUT2D eigenvalue weighted by Gasteiger charge is -2.06. The fraction of sp³-hybridized carbons (Fsp3) is 0.200. The number of benzene rings is 1. The van der Waals surface area contributed by atoms with E-state index in [2.05, 4.69) is 5.32 Å². The molecule has 1 amide bonds. The van der Waals surface area contributed by atoms with Gasteiger partial charge in [0.25, 0.3) is 5.91 Å². The minimum absolute atomic E-state index is 0.116. The number of aromatic carboxylic acids is 1. The number of nitrogens with one attached hydrogen (secondary N) is 1. The molecular formula is C25H22N2O6S. The van der Waals surface area contributed by atoms with Crippen LogP contribution in [0.15, 0.2) is 40.3 Å². The van der Waals surface area contributed by atoms with Crippen LogP contribution in [0.5, 0.6) is 0 Å². The van der Waals surface area contributed by atoms with Gasteiger partial charge in [-0.1, -0.05) is 6.07 Å². The summed E-state index contributed by atoms with van der Waals surface area (Å²) in [6.07, 6.45) is 1.28. The predicted molar refractivity (Wildman–Crippen MR) is 128 cm³/mol. The molecule has 0 aliphatic heterocycles. The van der Waals surface area contributed by atoms with Crippen LogP contribution in [-0.2, 0) is 9.53 Å². The van der Waals surface area contributed by atoms with E-state index in [9.17, 15) is 24.8 Å². The molecule has 0 aliphatic rings. The van der Waals surface area contributed by atoms with Gasteiger partial charge in [0, 0.05) is 16.5 Å². The molecule has 34 heavy (non-hydrogen) atoms. The lowest BCUT2D eigenvalue weighted by molar-refractivity contribution is -0.112. The van der Waals surface area contributed by atoms with Gasteiger partial charge in [-0.3, -0.25) is 4.79 Å². The number of rotatable bonds is 7. The fourth-order valence-corrected chi connectivity index (χ4v) is 4.26. The van der Waals surface area contributed by atoms with Crippen molar-refractivity contribution in [1.82, 2.24) is 0 Å². The van der Waals surface area contributed by atoms with Crippen LogP contribution in [0, 0.1) is 32.1 Å². The molecule has 3 aromatic rings. The largest absolute Gasteiger partial charge is 0.478 e. The van der Waals surface area contributed by atoms with Gasteiger partial charge in [0.15, 0.2) is 0 Å². The first kappa shape index (κ1) is 24.5. The number of furan rings is 1. The smallest absolute Gasteiger partial charge is 0.341 e. The highest BCUT2D eigenvalue weighted by Crippen LogP contribution is 2.33. The normalized spacial score (nSPS) is 11.1. The molecule has 0 saturated heterocycles. The number of carboxylic acid groups (broad SMARTS) is 1. The third-order valence-electron chi connectivity index (χ3n) is 5.12. The Labute approximate surface area is 200 Å². The Morgan fingerprint density at radius 2 is 1.94 bits per heavy atom. The monoisotopic (exact) mass is 478 g/mol. The van der Waals surface area contributed by atoms with Crippen molar-refractivity contribution in [3.63, 3.8) is 0 Å². The van der Waals surface area contributed by atoms with E-state index >= 15 is 0 Å². The highest BCUT2D eigenvalue weighted by atomic mass is 32.1. The summed E-state index contributed by atoms with van der Waals surface area (Å²) in [5.74, 6) is -1.66. The first-order chi connectivity index (χ1) is 16.2. The van der Waals surface area contributed by atoms with Crippen molar-refractivity contribution in [3.05, 3.63) is 68.8 Å². The molecule has 0 fully saturated rings. The van der Waals surface area contributed by atoms with Crippen LogP contribution < -0.4 is 5.32 Å². The summed E-state index contributed by atoms with van der Waals surface area (Å²) in [6, 6.07) is 9.75. The molecule has 0 aliphatic carbocycles. The maximum absolute atomic E-state index is 12.8. The summed E-state index contributed by atoms with van der Waals surface area (Å²) in [5, 5.41) is 21.7. The predicted octanol–water partition coefficient (Wildman–Crippen LogP) is 5.35. The average Bonchev–Trinajstić information content (AvgIpc) is 3.36. The maximum atomic E-state index is 12.8. The molecule has 0 radical (unpaired) electrons. The number of nitrogens with zero attached hydrogens (tertiary/aromatic N) is 1. The van der Waals surface area contributed by atoms with Crippen LogP contribution in [0.2, 0.25) is 0 Å². The number of anilines is 1. The van der Waals surface area contributed by atoms with E-state index in [1.165, 1.54) is 29.5 Å². The molecule has 1 aromatic carbocycles. The Morgan fingerprint density at radius 1 is 1.21 bits per heavy atom. The van der Waals surface area contributed by atoms with Crippen LogP contribution >= 0.6 is 11.3 Å². The van der Waals surface area contributed by atoms with E-state index in [4.69, 9.17) is 9.15 Å². The Morgan fingerprint density at radius 3 is 2.59 bits per heavy atom. The van der Waals surface area contributed by atoms with E-state index < -0.39 is 17.8 Å². The second-order valence-electron chi connectivity index (χ2n) is 7.37. The number of aryl methyl sites for hydroxylation is 2. The highest BCUT2D eigenvalue weighted by molar-refractivity contribution is 7.16.